The lowest BCUT2D eigenvalue weighted by Crippen LogP contribution is -2.11. The minimum atomic E-state index is -0.738. The Kier molecular flexibility index (Phi) is 6.01. The molecule has 0 N–H and O–H groups in total. The lowest BCUT2D eigenvalue weighted by molar-refractivity contribution is 0.0282. The summed E-state index contributed by atoms with van der Waals surface area (Å²) in [5.74, 6) is 0.891. The van der Waals surface area contributed by atoms with Gasteiger partial charge in [0.2, 0.25) is 5.89 Å². The molecule has 1 atom stereocenters. The molecule has 0 unspecified atom stereocenters. The van der Waals surface area contributed by atoms with Crippen LogP contribution < -0.4 is 4.74 Å². The van der Waals surface area contributed by atoms with Crippen LogP contribution in [0.1, 0.15) is 29.3 Å². The van der Waals surface area contributed by atoms with Gasteiger partial charge in [-0.15, -0.1) is 10.2 Å². The van der Waals surface area contributed by atoms with Crippen molar-refractivity contribution >= 4 is 27.6 Å². The largest absolute Gasteiger partial charge is 0.497 e. The van der Waals surface area contributed by atoms with Gasteiger partial charge in [0.1, 0.15) is 5.75 Å². The number of nitrogens with zero attached hydrogens (tertiary/aromatic N) is 3. The molecule has 6 rings (SSSR count). The molecular formula is C31H23N3O4. The fourth-order valence-corrected chi connectivity index (χ4v) is 4.37. The van der Waals surface area contributed by atoms with Gasteiger partial charge in [0.05, 0.1) is 23.9 Å². The van der Waals surface area contributed by atoms with E-state index < -0.39 is 12.1 Å². The highest BCUT2D eigenvalue weighted by Crippen LogP contribution is 2.30. The average molecular weight is 502 g/mol. The zero-order valence-corrected chi connectivity index (χ0v) is 20.8. The van der Waals surface area contributed by atoms with E-state index >= 15 is 0 Å². The first-order chi connectivity index (χ1) is 18.6. The first-order valence-electron chi connectivity index (χ1n) is 12.2. The molecule has 186 valence electrons. The van der Waals surface area contributed by atoms with Gasteiger partial charge in [0, 0.05) is 16.5 Å². The molecule has 4 aromatic carbocycles. The maximum atomic E-state index is 13.4. The zero-order chi connectivity index (χ0) is 26.1. The second-order valence-electron chi connectivity index (χ2n) is 8.86. The van der Waals surface area contributed by atoms with Gasteiger partial charge < -0.3 is 13.9 Å². The van der Waals surface area contributed by atoms with E-state index in [0.29, 0.717) is 28.1 Å². The number of para-hydroxylation sites is 1. The lowest BCUT2D eigenvalue weighted by atomic mass is 10.0. The van der Waals surface area contributed by atoms with Gasteiger partial charge in [-0.2, -0.15) is 0 Å². The monoisotopic (exact) mass is 501 g/mol. The van der Waals surface area contributed by atoms with Crippen molar-refractivity contribution in [3.05, 3.63) is 109 Å². The molecule has 0 saturated heterocycles. The third-order valence-electron chi connectivity index (χ3n) is 6.37. The van der Waals surface area contributed by atoms with Crippen molar-refractivity contribution in [2.45, 2.75) is 13.0 Å². The van der Waals surface area contributed by atoms with Crippen LogP contribution in [0.5, 0.6) is 5.75 Å². The molecule has 2 heterocycles. The molecule has 38 heavy (non-hydrogen) atoms. The van der Waals surface area contributed by atoms with Crippen LogP contribution in [-0.4, -0.2) is 28.3 Å². The summed E-state index contributed by atoms with van der Waals surface area (Å²) in [6.45, 7) is 1.71. The molecule has 0 aliphatic carbocycles. The summed E-state index contributed by atoms with van der Waals surface area (Å²) in [5.41, 5.74) is 3.46. The summed E-state index contributed by atoms with van der Waals surface area (Å²) in [4.78, 5) is 18.3. The highest BCUT2D eigenvalue weighted by Gasteiger charge is 2.22. The van der Waals surface area contributed by atoms with Crippen LogP contribution in [0.4, 0.5) is 0 Å². The lowest BCUT2D eigenvalue weighted by Gasteiger charge is -2.13. The van der Waals surface area contributed by atoms with Crippen LogP contribution >= 0.6 is 0 Å². The SMILES string of the molecule is COc1ccc2cc(-c3cc(C(=O)O[C@H](C)c4nnc(-c5ccccc5)o4)c4ccccc4n3)ccc2c1. The molecule has 0 spiro atoms. The molecule has 0 radical (unpaired) electrons. The van der Waals surface area contributed by atoms with Crippen LogP contribution in [0.3, 0.4) is 0 Å². The second kappa shape index (κ2) is 9.78. The number of rotatable bonds is 6. The molecular weight excluding hydrogens is 478 g/mol. The molecule has 0 bridgehead atoms. The number of benzene rings is 4. The summed E-state index contributed by atoms with van der Waals surface area (Å²) >= 11 is 0. The molecule has 6 aromatic rings. The summed E-state index contributed by atoms with van der Waals surface area (Å²) in [6, 6.07) is 30.7. The van der Waals surface area contributed by atoms with Crippen molar-refractivity contribution < 1.29 is 18.7 Å². The third kappa shape index (κ3) is 4.46. The quantitative estimate of drug-likeness (QED) is 0.226. The van der Waals surface area contributed by atoms with Crippen molar-refractivity contribution in [2.24, 2.45) is 0 Å². The van der Waals surface area contributed by atoms with Crippen molar-refractivity contribution in [1.29, 1.82) is 0 Å². The van der Waals surface area contributed by atoms with E-state index in [-0.39, 0.29) is 5.89 Å². The minimum absolute atomic E-state index is 0.223. The Balaban J connectivity index is 1.33. The summed E-state index contributed by atoms with van der Waals surface area (Å²) in [5, 5.41) is 11.0. The van der Waals surface area contributed by atoms with Gasteiger partial charge >= 0.3 is 5.97 Å². The Morgan fingerprint density at radius 1 is 0.816 bits per heavy atom. The maximum absolute atomic E-state index is 13.4. The van der Waals surface area contributed by atoms with E-state index in [2.05, 4.69) is 10.2 Å². The molecule has 0 aliphatic heterocycles. The smallest absolute Gasteiger partial charge is 0.339 e. The van der Waals surface area contributed by atoms with Crippen LogP contribution in [0.15, 0.2) is 101 Å². The van der Waals surface area contributed by atoms with E-state index in [9.17, 15) is 4.79 Å². The highest BCUT2D eigenvalue weighted by atomic mass is 16.6. The first-order valence-corrected chi connectivity index (χ1v) is 12.2. The molecule has 7 nitrogen and oxygen atoms in total. The van der Waals surface area contributed by atoms with Crippen molar-refractivity contribution in [3.8, 4) is 28.5 Å². The predicted octanol–water partition coefficient (Wildman–Crippen LogP) is 7.03. The number of pyridine rings is 1. The second-order valence-corrected chi connectivity index (χ2v) is 8.86. The first kappa shape index (κ1) is 23.4. The van der Waals surface area contributed by atoms with Gasteiger partial charge in [-0.25, -0.2) is 9.78 Å². The Hall–Kier alpha value is -5.04. The number of fused-ring (bicyclic) bond motifs is 2. The minimum Gasteiger partial charge on any atom is -0.497 e. The van der Waals surface area contributed by atoms with Crippen LogP contribution in [-0.2, 0) is 4.74 Å². The summed E-state index contributed by atoms with van der Waals surface area (Å²) in [7, 11) is 1.65. The van der Waals surface area contributed by atoms with Gasteiger partial charge in [-0.1, -0.05) is 54.6 Å². The fraction of sp³-hybridized carbons (Fsp3) is 0.0968. The molecule has 2 aromatic heterocycles. The molecule has 0 aliphatic rings. The molecule has 7 heteroatoms. The zero-order valence-electron chi connectivity index (χ0n) is 20.8. The van der Waals surface area contributed by atoms with Crippen molar-refractivity contribution in [1.82, 2.24) is 15.2 Å². The number of ether oxygens (including phenoxy) is 2. The third-order valence-corrected chi connectivity index (χ3v) is 6.37. The predicted molar refractivity (Wildman–Crippen MR) is 145 cm³/mol. The average Bonchev–Trinajstić information content (AvgIpc) is 3.47. The number of esters is 1. The van der Waals surface area contributed by atoms with E-state index in [1.54, 1.807) is 20.1 Å². The Morgan fingerprint density at radius 2 is 1.58 bits per heavy atom. The van der Waals surface area contributed by atoms with Crippen LogP contribution in [0.25, 0.3) is 44.4 Å². The highest BCUT2D eigenvalue weighted by molar-refractivity contribution is 6.05. The van der Waals surface area contributed by atoms with E-state index in [1.165, 1.54) is 0 Å². The molecule has 0 saturated carbocycles. The Bertz CT molecular complexity index is 1780. The standard InChI is InChI=1S/C31H23N3O4/c1-19(29-33-34-30(38-29)20-8-4-3-5-9-20)37-31(35)26-18-28(32-27-11-7-6-10-25(26)27)23-13-12-22-17-24(36-2)15-14-21(22)16-23/h3-19H,1-2H3/t19-/m1/s1. The maximum Gasteiger partial charge on any atom is 0.339 e. The normalized spacial score (nSPS) is 11.9. The van der Waals surface area contributed by atoms with Gasteiger partial charge in [0.15, 0.2) is 6.10 Å². The molecule has 0 amide bonds. The van der Waals surface area contributed by atoms with Crippen LogP contribution in [0, 0.1) is 0 Å². The van der Waals surface area contributed by atoms with Crippen molar-refractivity contribution in [3.63, 3.8) is 0 Å². The summed E-state index contributed by atoms with van der Waals surface area (Å²) < 4.78 is 16.9. The fourth-order valence-electron chi connectivity index (χ4n) is 4.37. The number of aromatic nitrogens is 3. The van der Waals surface area contributed by atoms with Crippen LogP contribution in [0.2, 0.25) is 0 Å². The van der Waals surface area contributed by atoms with E-state index in [0.717, 1.165) is 27.6 Å². The Labute approximate surface area is 218 Å². The Morgan fingerprint density at radius 3 is 2.42 bits per heavy atom. The van der Waals surface area contributed by atoms with Gasteiger partial charge in [-0.05, 0) is 60.2 Å². The van der Waals surface area contributed by atoms with E-state index in [4.69, 9.17) is 18.9 Å². The topological polar surface area (TPSA) is 87.3 Å². The number of carbonyl (C=O) groups excluding carboxylic acids is 1. The number of hydrogen-bond donors (Lipinski definition) is 0. The molecule has 0 fully saturated rings. The number of methoxy groups -OCH3 is 1. The number of carbonyl (C=O) groups is 1. The van der Waals surface area contributed by atoms with Crippen molar-refractivity contribution in [2.75, 3.05) is 7.11 Å². The van der Waals surface area contributed by atoms with Gasteiger partial charge in [0.25, 0.3) is 5.89 Å². The van der Waals surface area contributed by atoms with Gasteiger partial charge in [-0.3, -0.25) is 0 Å². The summed E-state index contributed by atoms with van der Waals surface area (Å²) in [6.07, 6.45) is -0.738. The number of hydrogen-bond acceptors (Lipinski definition) is 7. The van der Waals surface area contributed by atoms with E-state index in [1.807, 2.05) is 91.0 Å².